The summed E-state index contributed by atoms with van der Waals surface area (Å²) < 4.78 is 0. The summed E-state index contributed by atoms with van der Waals surface area (Å²) >= 11 is 0. The van der Waals surface area contributed by atoms with Gasteiger partial charge in [-0.25, -0.2) is 4.98 Å². The predicted octanol–water partition coefficient (Wildman–Crippen LogP) is 1.84. The van der Waals surface area contributed by atoms with Gasteiger partial charge in [0.15, 0.2) is 0 Å². The molecular weight excluding hydrogens is 122 g/mol. The van der Waals surface area contributed by atoms with Crippen LogP contribution in [0.25, 0.3) is 10.9 Å². The minimum absolute atomic E-state index is 0.949. The molecule has 1 heterocycles. The van der Waals surface area contributed by atoms with Gasteiger partial charge in [0.2, 0.25) is 0 Å². The summed E-state index contributed by atoms with van der Waals surface area (Å²) in [6, 6.07) is 12.5. The molecule has 1 aromatic heterocycles. The van der Waals surface area contributed by atoms with Crippen molar-refractivity contribution in [1.29, 1.82) is 0 Å². The zero-order valence-corrected chi connectivity index (χ0v) is 5.33. The summed E-state index contributed by atoms with van der Waals surface area (Å²) in [5.74, 6) is 0. The number of nitrogens with zero attached hydrogens (tertiary/aromatic N) is 1. The Balaban J connectivity index is 2.89. The quantitative estimate of drug-likeness (QED) is 0.526. The maximum atomic E-state index is 4.02. The Bertz CT molecular complexity index is 276. The van der Waals surface area contributed by atoms with E-state index in [0.717, 1.165) is 10.9 Å². The summed E-state index contributed by atoms with van der Waals surface area (Å²) in [6.45, 7) is 0. The maximum Gasteiger partial charge on any atom is 0.0894 e. The van der Waals surface area contributed by atoms with Crippen molar-refractivity contribution in [3.05, 3.63) is 42.6 Å². The first-order valence-electron chi connectivity index (χ1n) is 3.10. The molecule has 0 aliphatic heterocycles. The summed E-state index contributed by atoms with van der Waals surface area (Å²) in [5.41, 5.74) is 0.949. The lowest BCUT2D eigenvalue weighted by molar-refractivity contribution is 1.39. The van der Waals surface area contributed by atoms with Crippen LogP contribution >= 0.6 is 0 Å². The van der Waals surface area contributed by atoms with Crippen LogP contribution < -0.4 is 0 Å². The summed E-state index contributed by atoms with van der Waals surface area (Å²) in [5, 5.41) is 1.14. The topological polar surface area (TPSA) is 12.9 Å². The maximum absolute atomic E-state index is 4.02. The van der Waals surface area contributed by atoms with E-state index in [9.17, 15) is 0 Å². The van der Waals surface area contributed by atoms with E-state index in [1.54, 1.807) is 0 Å². The highest BCUT2D eigenvalue weighted by Gasteiger charge is 1.87. The van der Waals surface area contributed by atoms with E-state index in [4.69, 9.17) is 0 Å². The molecule has 0 spiro atoms. The lowest BCUT2D eigenvalue weighted by Crippen LogP contribution is -1.74. The van der Waals surface area contributed by atoms with Gasteiger partial charge in [0, 0.05) is 5.39 Å². The fraction of sp³-hybridized carbons (Fsp3) is 0. The number of fused-ring (bicyclic) bond motifs is 1. The average molecular weight is 127 g/mol. The largest absolute Gasteiger partial charge is 0.246 e. The molecule has 0 saturated heterocycles. The molecule has 1 nitrogen and oxygen atoms in total. The molecule has 0 fully saturated rings. The van der Waals surface area contributed by atoms with Gasteiger partial charge in [-0.1, -0.05) is 18.2 Å². The van der Waals surface area contributed by atoms with Crippen molar-refractivity contribution in [3.63, 3.8) is 0 Å². The Morgan fingerprint density at radius 1 is 1.20 bits per heavy atom. The number of benzene rings is 1. The van der Waals surface area contributed by atoms with Gasteiger partial charge in [0.05, 0.1) is 11.7 Å². The predicted molar refractivity (Wildman–Crippen MR) is 39.4 cm³/mol. The van der Waals surface area contributed by atoms with Crippen molar-refractivity contribution >= 4 is 10.9 Å². The van der Waals surface area contributed by atoms with Crippen molar-refractivity contribution in [1.82, 2.24) is 4.98 Å². The number of hydrogen-bond donors (Lipinski definition) is 0. The highest BCUT2D eigenvalue weighted by atomic mass is 14.6. The highest BCUT2D eigenvalue weighted by molar-refractivity contribution is 5.77. The van der Waals surface area contributed by atoms with Crippen molar-refractivity contribution in [2.45, 2.75) is 0 Å². The van der Waals surface area contributed by atoms with Crippen LogP contribution in [0, 0.1) is 12.3 Å². The summed E-state index contributed by atoms with van der Waals surface area (Å²) in [4.78, 5) is 4.02. The Kier molecular flexibility index (Phi) is 1.14. The Hall–Kier alpha value is -1.37. The van der Waals surface area contributed by atoms with Crippen LogP contribution in [-0.2, 0) is 0 Å². The lowest BCUT2D eigenvalue weighted by atomic mass is 10.2. The molecule has 0 aliphatic carbocycles. The van der Waals surface area contributed by atoms with E-state index in [-0.39, 0.29) is 0 Å². The molecule has 46 valence electrons. The second-order valence-electron chi connectivity index (χ2n) is 2.06. The van der Waals surface area contributed by atoms with Crippen molar-refractivity contribution in [2.24, 2.45) is 0 Å². The van der Waals surface area contributed by atoms with Crippen LogP contribution in [0.5, 0.6) is 0 Å². The first-order valence-corrected chi connectivity index (χ1v) is 3.10. The molecule has 1 heteroatoms. The van der Waals surface area contributed by atoms with Gasteiger partial charge in [-0.2, -0.15) is 0 Å². The average Bonchev–Trinajstić information content (AvgIpc) is 2.05. The SMILES string of the molecule is [c]1ccc2cc[c]nc2c1. The third-order valence-electron chi connectivity index (χ3n) is 1.40. The van der Waals surface area contributed by atoms with Gasteiger partial charge >= 0.3 is 0 Å². The molecule has 0 atom stereocenters. The standard InChI is InChI=1S/C9H5N/c1-2-6-9-8(4-1)5-3-7-10-9/h1,3-6H. The van der Waals surface area contributed by atoms with E-state index in [1.807, 2.05) is 30.3 Å². The fourth-order valence-corrected chi connectivity index (χ4v) is 0.905. The summed E-state index contributed by atoms with van der Waals surface area (Å²) in [7, 11) is 0. The second-order valence-corrected chi connectivity index (χ2v) is 2.06. The Morgan fingerprint density at radius 3 is 3.00 bits per heavy atom. The molecular formula is C9H5N. The fourth-order valence-electron chi connectivity index (χ4n) is 0.905. The van der Waals surface area contributed by atoms with E-state index >= 15 is 0 Å². The van der Waals surface area contributed by atoms with Gasteiger partial charge in [-0.05, 0) is 18.2 Å². The normalized spacial score (nSPS) is 10.0. The molecule has 0 amide bonds. The van der Waals surface area contributed by atoms with Crippen LogP contribution in [-0.4, -0.2) is 4.98 Å². The number of pyridine rings is 1. The van der Waals surface area contributed by atoms with Crippen LogP contribution in [0.1, 0.15) is 0 Å². The van der Waals surface area contributed by atoms with E-state index in [1.165, 1.54) is 0 Å². The van der Waals surface area contributed by atoms with Gasteiger partial charge in [-0.3, -0.25) is 0 Å². The van der Waals surface area contributed by atoms with E-state index in [2.05, 4.69) is 17.2 Å². The third kappa shape index (κ3) is 0.760. The zero-order valence-electron chi connectivity index (χ0n) is 5.33. The van der Waals surface area contributed by atoms with E-state index in [0.29, 0.717) is 0 Å². The zero-order chi connectivity index (χ0) is 6.81. The number of aromatic nitrogens is 1. The monoisotopic (exact) mass is 127 g/mol. The van der Waals surface area contributed by atoms with Crippen molar-refractivity contribution < 1.29 is 0 Å². The van der Waals surface area contributed by atoms with Crippen LogP contribution in [0.15, 0.2) is 30.3 Å². The molecule has 2 radical (unpaired) electrons. The molecule has 1 aromatic carbocycles. The van der Waals surface area contributed by atoms with Crippen LogP contribution in [0.4, 0.5) is 0 Å². The number of rotatable bonds is 0. The molecule has 0 unspecified atom stereocenters. The molecule has 0 saturated carbocycles. The first kappa shape index (κ1) is 5.42. The molecule has 0 aliphatic rings. The van der Waals surface area contributed by atoms with Gasteiger partial charge in [0.1, 0.15) is 0 Å². The van der Waals surface area contributed by atoms with Crippen molar-refractivity contribution in [3.8, 4) is 0 Å². The van der Waals surface area contributed by atoms with Gasteiger partial charge < -0.3 is 0 Å². The Morgan fingerprint density at radius 2 is 2.10 bits per heavy atom. The van der Waals surface area contributed by atoms with Gasteiger partial charge in [-0.15, -0.1) is 0 Å². The summed E-state index contributed by atoms with van der Waals surface area (Å²) in [6.07, 6.45) is 2.77. The van der Waals surface area contributed by atoms with Crippen molar-refractivity contribution in [2.75, 3.05) is 0 Å². The molecule has 2 aromatic rings. The lowest BCUT2D eigenvalue weighted by Gasteiger charge is -1.90. The molecule has 10 heavy (non-hydrogen) atoms. The van der Waals surface area contributed by atoms with Crippen LogP contribution in [0.3, 0.4) is 0 Å². The molecule has 0 bridgehead atoms. The van der Waals surface area contributed by atoms with Crippen LogP contribution in [0.2, 0.25) is 0 Å². The minimum atomic E-state index is 0.949. The molecule has 2 rings (SSSR count). The smallest absolute Gasteiger partial charge is 0.0894 e. The highest BCUT2D eigenvalue weighted by Crippen LogP contribution is 2.07. The number of hydrogen-bond acceptors (Lipinski definition) is 1. The molecule has 0 N–H and O–H groups in total. The first-order chi connectivity index (χ1) is 4.97. The minimum Gasteiger partial charge on any atom is -0.246 e. The Labute approximate surface area is 59.3 Å². The van der Waals surface area contributed by atoms with Gasteiger partial charge in [0.25, 0.3) is 0 Å². The second kappa shape index (κ2) is 2.10. The third-order valence-corrected chi connectivity index (χ3v) is 1.40. The van der Waals surface area contributed by atoms with E-state index < -0.39 is 0 Å².